The van der Waals surface area contributed by atoms with E-state index in [0.717, 1.165) is 18.7 Å². The first kappa shape index (κ1) is 17.4. The van der Waals surface area contributed by atoms with E-state index in [1.165, 1.54) is 6.07 Å². The second-order valence-corrected chi connectivity index (χ2v) is 5.84. The van der Waals surface area contributed by atoms with Crippen LogP contribution in [0.15, 0.2) is 18.2 Å². The van der Waals surface area contributed by atoms with Gasteiger partial charge in [-0.3, -0.25) is 16.2 Å². The van der Waals surface area contributed by atoms with Crippen molar-refractivity contribution >= 4 is 11.6 Å². The minimum Gasteiger partial charge on any atom is -0.297 e. The molecule has 0 aliphatic carbocycles. The molecule has 0 saturated heterocycles. The van der Waals surface area contributed by atoms with Crippen LogP contribution in [-0.4, -0.2) is 29.6 Å². The van der Waals surface area contributed by atoms with Crippen LogP contribution in [0.4, 0.5) is 4.39 Å². The number of nitrogens with one attached hydrogen (secondary N) is 1. The van der Waals surface area contributed by atoms with Gasteiger partial charge in [-0.25, -0.2) is 4.39 Å². The number of hydrogen-bond donors (Lipinski definition) is 2. The maximum absolute atomic E-state index is 13.5. The third-order valence-electron chi connectivity index (χ3n) is 4.09. The van der Waals surface area contributed by atoms with Crippen LogP contribution in [0.1, 0.15) is 33.3 Å². The standard InChI is InChI=1S/C15H25ClFN3/c1-5-20(6-2)15(3,4)13(19-18)10-11-8-7-9-12(17)14(11)16/h7-9,13,19H,5-6,10,18H2,1-4H3. The molecule has 5 heteroatoms. The first-order chi connectivity index (χ1) is 9.38. The van der Waals surface area contributed by atoms with Crippen LogP contribution >= 0.6 is 11.6 Å². The van der Waals surface area contributed by atoms with Gasteiger partial charge in [0.25, 0.3) is 0 Å². The highest BCUT2D eigenvalue weighted by Crippen LogP contribution is 2.26. The van der Waals surface area contributed by atoms with E-state index in [2.05, 4.69) is 38.0 Å². The van der Waals surface area contributed by atoms with E-state index < -0.39 is 0 Å². The number of rotatable bonds is 7. The number of hydrazine groups is 1. The van der Waals surface area contributed by atoms with Crippen molar-refractivity contribution in [3.05, 3.63) is 34.6 Å². The predicted molar refractivity (Wildman–Crippen MR) is 83.2 cm³/mol. The van der Waals surface area contributed by atoms with Crippen LogP contribution in [0.2, 0.25) is 5.02 Å². The first-order valence-corrected chi connectivity index (χ1v) is 7.40. The minimum absolute atomic E-state index is 0.0262. The number of hydrogen-bond acceptors (Lipinski definition) is 3. The minimum atomic E-state index is -0.388. The highest BCUT2D eigenvalue weighted by Gasteiger charge is 2.33. The maximum atomic E-state index is 13.5. The van der Waals surface area contributed by atoms with Gasteiger partial charge in [-0.15, -0.1) is 0 Å². The van der Waals surface area contributed by atoms with Crippen molar-refractivity contribution in [3.8, 4) is 0 Å². The fourth-order valence-corrected chi connectivity index (χ4v) is 2.90. The molecule has 3 nitrogen and oxygen atoms in total. The largest absolute Gasteiger partial charge is 0.297 e. The fourth-order valence-electron chi connectivity index (χ4n) is 2.70. The van der Waals surface area contributed by atoms with Crippen molar-refractivity contribution in [2.45, 2.75) is 45.7 Å². The summed E-state index contributed by atoms with van der Waals surface area (Å²) in [5.41, 5.74) is 3.48. The molecule has 1 atom stereocenters. The second-order valence-electron chi connectivity index (χ2n) is 5.46. The molecule has 0 fully saturated rings. The quantitative estimate of drug-likeness (QED) is 0.601. The van der Waals surface area contributed by atoms with Crippen molar-refractivity contribution in [1.29, 1.82) is 0 Å². The number of halogens is 2. The third kappa shape index (κ3) is 3.70. The van der Waals surface area contributed by atoms with Gasteiger partial charge in [0.15, 0.2) is 0 Å². The van der Waals surface area contributed by atoms with Crippen LogP contribution < -0.4 is 11.3 Å². The van der Waals surface area contributed by atoms with Gasteiger partial charge < -0.3 is 0 Å². The van der Waals surface area contributed by atoms with Crippen LogP contribution in [0.5, 0.6) is 0 Å². The summed E-state index contributed by atoms with van der Waals surface area (Å²) in [5.74, 6) is 5.34. The molecule has 0 amide bonds. The molecule has 20 heavy (non-hydrogen) atoms. The molecule has 0 aliphatic heterocycles. The Labute approximate surface area is 126 Å². The Balaban J connectivity index is 2.99. The predicted octanol–water partition coefficient (Wildman–Crippen LogP) is 2.97. The average Bonchev–Trinajstić information content (AvgIpc) is 2.41. The van der Waals surface area contributed by atoms with Crippen LogP contribution in [0, 0.1) is 5.82 Å². The number of benzene rings is 1. The average molecular weight is 302 g/mol. The number of nitrogens with zero attached hydrogens (tertiary/aromatic N) is 1. The normalized spacial score (nSPS) is 13.8. The molecule has 0 spiro atoms. The Hall–Kier alpha value is -0.680. The van der Waals surface area contributed by atoms with Gasteiger partial charge in [0.2, 0.25) is 0 Å². The van der Waals surface area contributed by atoms with E-state index >= 15 is 0 Å². The molecule has 0 heterocycles. The maximum Gasteiger partial charge on any atom is 0.142 e. The van der Waals surface area contributed by atoms with E-state index in [-0.39, 0.29) is 22.4 Å². The van der Waals surface area contributed by atoms with Crippen molar-refractivity contribution in [2.75, 3.05) is 13.1 Å². The summed E-state index contributed by atoms with van der Waals surface area (Å²) in [6.07, 6.45) is 0.580. The van der Waals surface area contributed by atoms with Gasteiger partial charge in [-0.05, 0) is 45.0 Å². The molecule has 0 saturated carbocycles. The van der Waals surface area contributed by atoms with Crippen LogP contribution in [0.3, 0.4) is 0 Å². The molecule has 1 aromatic carbocycles. The molecular weight excluding hydrogens is 277 g/mol. The van der Waals surface area contributed by atoms with Gasteiger partial charge in [0, 0.05) is 11.6 Å². The molecule has 0 bridgehead atoms. The molecule has 3 N–H and O–H groups in total. The summed E-state index contributed by atoms with van der Waals surface area (Å²) >= 11 is 6.03. The first-order valence-electron chi connectivity index (χ1n) is 7.02. The lowest BCUT2D eigenvalue weighted by molar-refractivity contribution is 0.0912. The molecule has 1 aromatic rings. The van der Waals surface area contributed by atoms with Gasteiger partial charge >= 0.3 is 0 Å². The van der Waals surface area contributed by atoms with Gasteiger partial charge in [0.1, 0.15) is 5.82 Å². The number of nitrogens with two attached hydrogens (primary N) is 1. The van der Waals surface area contributed by atoms with E-state index in [4.69, 9.17) is 17.4 Å². The zero-order valence-electron chi connectivity index (χ0n) is 12.7. The molecule has 114 valence electrons. The van der Waals surface area contributed by atoms with E-state index in [1.807, 2.05) is 6.07 Å². The summed E-state index contributed by atoms with van der Waals surface area (Å²) in [4.78, 5) is 2.32. The topological polar surface area (TPSA) is 41.3 Å². The van der Waals surface area contributed by atoms with Gasteiger partial charge in [-0.1, -0.05) is 37.6 Å². The van der Waals surface area contributed by atoms with Gasteiger partial charge in [-0.2, -0.15) is 0 Å². The Morgan fingerprint density at radius 2 is 1.95 bits per heavy atom. The molecule has 0 radical (unpaired) electrons. The Kier molecular flexibility index (Phi) is 6.40. The lowest BCUT2D eigenvalue weighted by Crippen LogP contribution is -2.60. The molecule has 0 aromatic heterocycles. The zero-order valence-corrected chi connectivity index (χ0v) is 13.5. The Morgan fingerprint density at radius 1 is 1.35 bits per heavy atom. The smallest absolute Gasteiger partial charge is 0.142 e. The summed E-state index contributed by atoms with van der Waals surface area (Å²) in [7, 11) is 0. The lowest BCUT2D eigenvalue weighted by Gasteiger charge is -2.43. The summed E-state index contributed by atoms with van der Waals surface area (Å²) in [6.45, 7) is 10.4. The Bertz CT molecular complexity index is 433. The second kappa shape index (κ2) is 7.36. The third-order valence-corrected chi connectivity index (χ3v) is 4.51. The fraction of sp³-hybridized carbons (Fsp3) is 0.600. The van der Waals surface area contributed by atoms with Crippen molar-refractivity contribution in [3.63, 3.8) is 0 Å². The summed E-state index contributed by atoms with van der Waals surface area (Å²) < 4.78 is 13.5. The monoisotopic (exact) mass is 301 g/mol. The SMILES string of the molecule is CCN(CC)C(C)(C)C(Cc1cccc(F)c1Cl)NN. The Morgan fingerprint density at radius 3 is 2.45 bits per heavy atom. The van der Waals surface area contributed by atoms with Crippen LogP contribution in [-0.2, 0) is 6.42 Å². The van der Waals surface area contributed by atoms with Gasteiger partial charge in [0.05, 0.1) is 5.02 Å². The zero-order chi connectivity index (χ0) is 15.3. The lowest BCUT2D eigenvalue weighted by atomic mass is 9.87. The van der Waals surface area contributed by atoms with Crippen molar-refractivity contribution < 1.29 is 4.39 Å². The number of likely N-dealkylation sites (N-methyl/N-ethyl adjacent to an activating group) is 1. The highest BCUT2D eigenvalue weighted by molar-refractivity contribution is 6.31. The molecule has 0 aliphatic rings. The highest BCUT2D eigenvalue weighted by atomic mass is 35.5. The van der Waals surface area contributed by atoms with Crippen molar-refractivity contribution in [1.82, 2.24) is 10.3 Å². The van der Waals surface area contributed by atoms with E-state index in [1.54, 1.807) is 6.07 Å². The summed E-state index contributed by atoms with van der Waals surface area (Å²) in [6, 6.07) is 4.86. The summed E-state index contributed by atoms with van der Waals surface area (Å²) in [5, 5.41) is 0.183. The van der Waals surface area contributed by atoms with E-state index in [0.29, 0.717) is 6.42 Å². The molecule has 1 unspecified atom stereocenters. The van der Waals surface area contributed by atoms with Crippen LogP contribution in [0.25, 0.3) is 0 Å². The molecular formula is C15H25ClFN3. The van der Waals surface area contributed by atoms with E-state index in [9.17, 15) is 4.39 Å². The molecule has 1 rings (SSSR count). The van der Waals surface area contributed by atoms with Crippen molar-refractivity contribution in [2.24, 2.45) is 5.84 Å².